The van der Waals surface area contributed by atoms with Gasteiger partial charge >= 0.3 is 0 Å². The number of benzene rings is 9. The highest BCUT2D eigenvalue weighted by Gasteiger charge is 2.42. The molecule has 6 nitrogen and oxygen atoms in total. The lowest BCUT2D eigenvalue weighted by Crippen LogP contribution is -2.46. The molecule has 0 spiro atoms. The molecule has 0 fully saturated rings. The Balaban J connectivity index is 0.900. The second-order valence-corrected chi connectivity index (χ2v) is 30.9. The summed E-state index contributed by atoms with van der Waals surface area (Å²) >= 11 is 3.85. The molecule has 0 bridgehead atoms. The molecule has 0 amide bonds. The van der Waals surface area contributed by atoms with Gasteiger partial charge in [0.2, 0.25) is 0 Å². The van der Waals surface area contributed by atoms with Gasteiger partial charge in [-0.05, 0) is 147 Å². The van der Waals surface area contributed by atoms with E-state index in [4.69, 9.17) is 8.83 Å². The molecule has 0 radical (unpaired) electrons. The Kier molecular flexibility index (Phi) is 11.5. The largest absolute Gasteiger partial charge is 0.458 e. The van der Waals surface area contributed by atoms with Crippen molar-refractivity contribution in [3.63, 3.8) is 0 Å². The normalized spacial score (nSPS) is 20.3. The molecule has 5 unspecified atom stereocenters. The highest BCUT2D eigenvalue weighted by molar-refractivity contribution is 7.27. The van der Waals surface area contributed by atoms with E-state index in [1.807, 2.05) is 22.7 Å². The predicted molar refractivity (Wildman–Crippen MR) is 409 cm³/mol. The first kappa shape index (κ1) is 55.2. The summed E-state index contributed by atoms with van der Waals surface area (Å²) in [5, 5.41) is 13.4. The zero-order valence-electron chi connectivity index (χ0n) is 54.6. The second-order valence-electron chi connectivity index (χ2n) is 28.8. The third-order valence-electron chi connectivity index (χ3n) is 22.8. The van der Waals surface area contributed by atoms with E-state index in [0.29, 0.717) is 23.7 Å². The SMILES string of the molecule is CC1=CC(C2=CC(C)CC(C)C2)CC=C1N(c1cccc2c3c(oc12)CC(C)C=C3)c1ccc2c3sc4ccccc4c3n3c4cc5c6c(N(c7cccc8c7oc7ccccc78)C7(C)CC(c8ccccc8)=CC=C7C)ccc7c8sc9ccccc9c8n(c5cc4c1c23)c76. The number of thiophene rings is 2. The summed E-state index contributed by atoms with van der Waals surface area (Å²) in [7, 11) is 0. The summed E-state index contributed by atoms with van der Waals surface area (Å²) in [6, 6.07) is 66.4. The van der Waals surface area contributed by atoms with Crippen molar-refractivity contribution in [3.8, 4) is 0 Å². The van der Waals surface area contributed by atoms with Crippen molar-refractivity contribution < 1.29 is 8.83 Å². The van der Waals surface area contributed by atoms with Crippen molar-refractivity contribution in [1.29, 1.82) is 0 Å². The monoisotopic (exact) mass is 1280 g/mol. The molecule has 0 saturated carbocycles. The van der Waals surface area contributed by atoms with Crippen LogP contribution in [0.1, 0.15) is 84.1 Å². The number of aromatic nitrogens is 2. The topological polar surface area (TPSA) is 41.6 Å². The zero-order chi connectivity index (χ0) is 63.7. The van der Waals surface area contributed by atoms with Crippen LogP contribution in [0.2, 0.25) is 0 Å². The van der Waals surface area contributed by atoms with Gasteiger partial charge < -0.3 is 27.4 Å². The molecular formula is C88H68N4O2S2. The molecule has 0 N–H and O–H groups in total. The summed E-state index contributed by atoms with van der Waals surface area (Å²) in [4.78, 5) is 5.31. The van der Waals surface area contributed by atoms with Crippen LogP contribution in [0.3, 0.4) is 0 Å². The first-order chi connectivity index (χ1) is 47.0. The molecule has 96 heavy (non-hydrogen) atoms. The Morgan fingerprint density at radius 1 is 0.531 bits per heavy atom. The average Bonchev–Trinajstić information content (AvgIpc) is 1.50. The number of furan rings is 2. The standard InChI is InChI=1S/C88H68N4O2S2/c1-48-30-34-58-60-23-16-25-70(84(60)94-75(58)43-48)89(67-37-33-54(44-51(67)4)56-41-49(2)40-50(3)42-56)68-38-35-63-80-78(68)65-45-73-66(46-72(65)90(80)82-61-21-11-14-28-76(61)95-86(63)82)79-69(39-36-64-81(79)91(73)83-62-22-12-15-29-77(62)96-87(64)83)92(71-26-17-24-59-57-20-10-13-27-74(57)93-85(59)71)88(6)47-55(32-31-52(88)5)53-18-8-7-9-19-53/h7-32,34-39,41,44-46,48-50,54H,33,40,42-43,47H2,1-6H3. The Labute approximate surface area is 563 Å². The van der Waals surface area contributed by atoms with E-state index < -0.39 is 5.54 Å². The van der Waals surface area contributed by atoms with Crippen LogP contribution >= 0.6 is 22.7 Å². The highest BCUT2D eigenvalue weighted by Crippen LogP contribution is 2.58. The maximum Gasteiger partial charge on any atom is 0.159 e. The molecule has 0 saturated heterocycles. The van der Waals surface area contributed by atoms with E-state index in [1.165, 1.54) is 135 Å². The predicted octanol–water partition coefficient (Wildman–Crippen LogP) is 25.6. The Morgan fingerprint density at radius 3 is 1.86 bits per heavy atom. The molecule has 5 atom stereocenters. The third kappa shape index (κ3) is 7.52. The molecule has 17 aromatic rings. The van der Waals surface area contributed by atoms with Crippen LogP contribution in [0.25, 0.3) is 140 Å². The van der Waals surface area contributed by atoms with Gasteiger partial charge in [0, 0.05) is 98.7 Å². The minimum atomic E-state index is -0.559. The minimum Gasteiger partial charge on any atom is -0.458 e. The van der Waals surface area contributed by atoms with Gasteiger partial charge in [0.25, 0.3) is 0 Å². The van der Waals surface area contributed by atoms with E-state index in [-0.39, 0.29) is 0 Å². The first-order valence-electron chi connectivity index (χ1n) is 34.5. The lowest BCUT2D eigenvalue weighted by molar-refractivity contribution is 0.417. The van der Waals surface area contributed by atoms with Gasteiger partial charge in [0.1, 0.15) is 11.3 Å². The molecule has 4 aliphatic carbocycles. The van der Waals surface area contributed by atoms with Gasteiger partial charge in [0.15, 0.2) is 11.2 Å². The van der Waals surface area contributed by atoms with Gasteiger partial charge in [-0.2, -0.15) is 0 Å². The van der Waals surface area contributed by atoms with Crippen molar-refractivity contribution >= 4 is 185 Å². The lowest BCUT2D eigenvalue weighted by atomic mass is 9.76. The van der Waals surface area contributed by atoms with Crippen LogP contribution in [0.4, 0.5) is 22.7 Å². The Hall–Kier alpha value is -10.1. The number of hydrogen-bond acceptors (Lipinski definition) is 6. The van der Waals surface area contributed by atoms with E-state index in [2.05, 4.69) is 279 Å². The molecule has 8 heteroatoms. The zero-order valence-corrected chi connectivity index (χ0v) is 56.2. The first-order valence-corrected chi connectivity index (χ1v) is 36.1. The number of anilines is 4. The van der Waals surface area contributed by atoms with Crippen molar-refractivity contribution in [2.75, 3.05) is 9.80 Å². The molecule has 8 aromatic heterocycles. The number of nitrogens with zero attached hydrogens (tertiary/aromatic N) is 4. The van der Waals surface area contributed by atoms with Crippen molar-refractivity contribution in [2.45, 2.75) is 79.2 Å². The molecular weight excluding hydrogens is 1210 g/mol. The van der Waals surface area contributed by atoms with Crippen molar-refractivity contribution in [2.24, 2.45) is 23.7 Å². The van der Waals surface area contributed by atoms with E-state index in [1.54, 1.807) is 5.57 Å². The van der Waals surface area contributed by atoms with Gasteiger partial charge in [-0.1, -0.05) is 178 Å². The van der Waals surface area contributed by atoms with Gasteiger partial charge in [0.05, 0.1) is 70.8 Å². The number of hydrogen-bond donors (Lipinski definition) is 0. The minimum absolute atomic E-state index is 0.359. The summed E-state index contributed by atoms with van der Waals surface area (Å²) < 4.78 is 25.1. The highest BCUT2D eigenvalue weighted by atomic mass is 32.1. The van der Waals surface area contributed by atoms with Gasteiger partial charge in [-0.25, -0.2) is 0 Å². The number of para-hydroxylation sites is 3. The van der Waals surface area contributed by atoms with Gasteiger partial charge in [-0.15, -0.1) is 22.7 Å². The molecule has 0 aliphatic heterocycles. The second kappa shape index (κ2) is 20.0. The average molecular weight is 1280 g/mol. The molecule has 464 valence electrons. The quantitative estimate of drug-likeness (QED) is 0.142. The summed E-state index contributed by atoms with van der Waals surface area (Å²) in [6.45, 7) is 14.3. The van der Waals surface area contributed by atoms with Crippen LogP contribution < -0.4 is 9.80 Å². The Morgan fingerprint density at radius 2 is 1.16 bits per heavy atom. The fourth-order valence-electron chi connectivity index (χ4n) is 18.4. The van der Waals surface area contributed by atoms with Crippen LogP contribution in [0, 0.1) is 23.7 Å². The fourth-order valence-corrected chi connectivity index (χ4v) is 20.9. The van der Waals surface area contributed by atoms with Gasteiger partial charge in [-0.3, -0.25) is 0 Å². The maximum atomic E-state index is 7.29. The van der Waals surface area contributed by atoms with E-state index >= 15 is 0 Å². The number of allylic oxidation sites excluding steroid dienone is 8. The van der Waals surface area contributed by atoms with Crippen LogP contribution in [-0.2, 0) is 6.42 Å². The number of rotatable bonds is 8. The third-order valence-corrected chi connectivity index (χ3v) is 25.2. The van der Waals surface area contributed by atoms with E-state index in [9.17, 15) is 0 Å². The lowest BCUT2D eigenvalue weighted by Gasteiger charge is -2.46. The summed E-state index contributed by atoms with van der Waals surface area (Å²) in [5.74, 6) is 3.08. The maximum absolute atomic E-state index is 7.29. The van der Waals surface area contributed by atoms with Crippen LogP contribution in [-0.4, -0.2) is 14.3 Å². The molecule has 9 aromatic carbocycles. The van der Waals surface area contributed by atoms with Crippen molar-refractivity contribution in [3.05, 3.63) is 252 Å². The van der Waals surface area contributed by atoms with Crippen LogP contribution in [0.15, 0.2) is 244 Å². The molecule has 4 aliphatic rings. The summed E-state index contributed by atoms with van der Waals surface area (Å²) in [6.07, 6.45) is 22.2. The van der Waals surface area contributed by atoms with Crippen molar-refractivity contribution in [1.82, 2.24) is 8.80 Å². The number of fused-ring (bicyclic) bond motifs is 22. The van der Waals surface area contributed by atoms with E-state index in [0.717, 1.165) is 87.1 Å². The van der Waals surface area contributed by atoms with Crippen LogP contribution in [0.5, 0.6) is 0 Å². The molecule has 8 heterocycles. The molecule has 21 rings (SSSR count). The Bertz CT molecular complexity index is 6440. The smallest absolute Gasteiger partial charge is 0.159 e. The summed E-state index contributed by atoms with van der Waals surface area (Å²) in [5.41, 5.74) is 23.1. The fraction of sp³-hybridized carbons (Fsp3) is 0.182.